The summed E-state index contributed by atoms with van der Waals surface area (Å²) in [6.45, 7) is 0.242. The molecule has 1 aliphatic heterocycles. The van der Waals surface area contributed by atoms with Gasteiger partial charge in [0.2, 0.25) is 12.7 Å². The summed E-state index contributed by atoms with van der Waals surface area (Å²) >= 11 is 0. The lowest BCUT2D eigenvalue weighted by Crippen LogP contribution is -2.31. The minimum atomic E-state index is -0.486. The largest absolute Gasteiger partial charge is 0.458 e. The fraction of sp³-hybridized carbons (Fsp3) is 0.409. The molecule has 2 saturated carbocycles. The predicted molar refractivity (Wildman–Crippen MR) is 102 cm³/mol. The summed E-state index contributed by atoms with van der Waals surface area (Å²) in [6.07, 6.45) is 8.56. The van der Waals surface area contributed by atoms with Crippen LogP contribution < -0.4 is 5.32 Å². The average Bonchev–Trinajstić information content (AvgIpc) is 3.61. The first-order chi connectivity index (χ1) is 13.6. The van der Waals surface area contributed by atoms with Crippen molar-refractivity contribution in [3.63, 3.8) is 0 Å². The van der Waals surface area contributed by atoms with Gasteiger partial charge < -0.3 is 19.8 Å². The van der Waals surface area contributed by atoms with Crippen molar-refractivity contribution in [2.45, 2.75) is 38.0 Å². The van der Waals surface area contributed by atoms with Crippen LogP contribution in [0.25, 0.3) is 10.9 Å². The van der Waals surface area contributed by atoms with E-state index in [0.29, 0.717) is 12.3 Å². The van der Waals surface area contributed by atoms with Gasteiger partial charge in [-0.1, -0.05) is 6.08 Å². The highest BCUT2D eigenvalue weighted by atomic mass is 19.1. The number of allylic oxidation sites excluding steroid dienone is 3. The van der Waals surface area contributed by atoms with Crippen LogP contribution in [-0.2, 0) is 14.3 Å². The van der Waals surface area contributed by atoms with Crippen molar-refractivity contribution in [3.05, 3.63) is 53.4 Å². The van der Waals surface area contributed by atoms with E-state index < -0.39 is 11.2 Å². The highest BCUT2D eigenvalue weighted by Crippen LogP contribution is 2.56. The summed E-state index contributed by atoms with van der Waals surface area (Å²) in [5.74, 6) is 1.69. The van der Waals surface area contributed by atoms with E-state index in [1.807, 2.05) is 12.2 Å². The van der Waals surface area contributed by atoms with E-state index in [4.69, 9.17) is 9.47 Å². The van der Waals surface area contributed by atoms with Gasteiger partial charge in [-0.15, -0.1) is 0 Å². The van der Waals surface area contributed by atoms with Crippen molar-refractivity contribution in [2.75, 3.05) is 12.1 Å². The molecule has 0 spiro atoms. The lowest BCUT2D eigenvalue weighted by atomic mass is 9.82. The third-order valence-electron chi connectivity index (χ3n) is 6.55. The molecule has 6 rings (SSSR count). The van der Waals surface area contributed by atoms with Gasteiger partial charge in [0.15, 0.2) is 5.76 Å². The van der Waals surface area contributed by atoms with Crippen LogP contribution in [0, 0.1) is 17.2 Å². The summed E-state index contributed by atoms with van der Waals surface area (Å²) in [7, 11) is 0. The standard InChI is InChI=1S/C22H21FN2O3/c23-15-10-17-13(7-16(24-17)12-1-2-12)8-18(15)25-21(26)22(5-6-22)14-3-4-19-20(9-14)28-11-27-19/h3-4,7-8,10,12,14,24H,1-2,5-6,9,11H2,(H,25,26). The third-order valence-corrected chi connectivity index (χ3v) is 6.55. The van der Waals surface area contributed by atoms with Crippen molar-refractivity contribution in [2.24, 2.45) is 11.3 Å². The summed E-state index contributed by atoms with van der Waals surface area (Å²) in [5, 5.41) is 3.80. The Bertz CT molecular complexity index is 1060. The van der Waals surface area contributed by atoms with Gasteiger partial charge in [0, 0.05) is 29.1 Å². The maximum absolute atomic E-state index is 14.6. The number of rotatable bonds is 4. The molecule has 4 aliphatic rings. The lowest BCUT2D eigenvalue weighted by molar-refractivity contribution is -0.122. The fourth-order valence-corrected chi connectivity index (χ4v) is 4.50. The van der Waals surface area contributed by atoms with E-state index in [2.05, 4.69) is 16.4 Å². The second-order valence-corrected chi connectivity index (χ2v) is 8.39. The normalized spacial score (nSPS) is 24.7. The zero-order chi connectivity index (χ0) is 18.9. The van der Waals surface area contributed by atoms with Gasteiger partial charge >= 0.3 is 0 Å². The first-order valence-corrected chi connectivity index (χ1v) is 9.93. The highest BCUT2D eigenvalue weighted by molar-refractivity contribution is 5.99. The molecule has 3 aliphatic carbocycles. The van der Waals surface area contributed by atoms with Crippen LogP contribution in [0.15, 0.2) is 41.9 Å². The molecule has 144 valence electrons. The van der Waals surface area contributed by atoms with Gasteiger partial charge in [-0.05, 0) is 55.7 Å². The highest BCUT2D eigenvalue weighted by Gasteiger charge is 2.55. The zero-order valence-electron chi connectivity index (χ0n) is 15.4. The molecule has 0 saturated heterocycles. The van der Waals surface area contributed by atoms with Crippen LogP contribution in [0.2, 0.25) is 0 Å². The Balaban J connectivity index is 1.24. The molecule has 1 atom stereocenters. The Morgan fingerprint density at radius 1 is 1.21 bits per heavy atom. The molecule has 1 amide bonds. The van der Waals surface area contributed by atoms with Crippen LogP contribution in [0.1, 0.15) is 43.7 Å². The quantitative estimate of drug-likeness (QED) is 0.808. The van der Waals surface area contributed by atoms with Gasteiger partial charge in [-0.2, -0.15) is 0 Å². The number of H-pyrrole nitrogens is 1. The molecule has 0 bridgehead atoms. The number of aromatic amines is 1. The van der Waals surface area contributed by atoms with Crippen molar-refractivity contribution >= 4 is 22.5 Å². The SMILES string of the molecule is O=C(Nc1cc2cc(C3CC3)[nH]c2cc1F)C1(C2C=CC3=C(C2)OCO3)CC1. The number of benzene rings is 1. The molecule has 1 aromatic carbocycles. The number of amides is 1. The Morgan fingerprint density at radius 2 is 2.07 bits per heavy atom. The molecule has 1 unspecified atom stereocenters. The van der Waals surface area contributed by atoms with Gasteiger partial charge in [0.1, 0.15) is 11.6 Å². The molecule has 2 N–H and O–H groups in total. The molecule has 2 heterocycles. The maximum Gasteiger partial charge on any atom is 0.231 e. The van der Waals surface area contributed by atoms with Crippen molar-refractivity contribution < 1.29 is 18.7 Å². The Labute approximate surface area is 161 Å². The van der Waals surface area contributed by atoms with E-state index in [1.165, 1.54) is 18.9 Å². The molecule has 0 radical (unpaired) electrons. The summed E-state index contributed by atoms with van der Waals surface area (Å²) in [4.78, 5) is 16.4. The van der Waals surface area contributed by atoms with E-state index in [9.17, 15) is 9.18 Å². The Kier molecular flexibility index (Phi) is 3.26. The van der Waals surface area contributed by atoms with Crippen LogP contribution in [0.3, 0.4) is 0 Å². The molecule has 2 fully saturated rings. The Morgan fingerprint density at radius 3 is 2.86 bits per heavy atom. The van der Waals surface area contributed by atoms with E-state index in [1.54, 1.807) is 6.07 Å². The molecule has 5 nitrogen and oxygen atoms in total. The molecular weight excluding hydrogens is 359 g/mol. The predicted octanol–water partition coefficient (Wildman–Crippen LogP) is 4.70. The van der Waals surface area contributed by atoms with Crippen molar-refractivity contribution in [1.29, 1.82) is 0 Å². The number of halogens is 1. The van der Waals surface area contributed by atoms with Gasteiger partial charge in [-0.3, -0.25) is 4.79 Å². The second-order valence-electron chi connectivity index (χ2n) is 8.39. The summed E-state index contributed by atoms with van der Waals surface area (Å²) in [6, 6.07) is 5.30. The number of anilines is 1. The van der Waals surface area contributed by atoms with Crippen molar-refractivity contribution in [1.82, 2.24) is 4.98 Å². The van der Waals surface area contributed by atoms with Crippen LogP contribution in [0.5, 0.6) is 0 Å². The number of hydrogen-bond donors (Lipinski definition) is 2. The van der Waals surface area contributed by atoms with Crippen LogP contribution >= 0.6 is 0 Å². The number of ether oxygens (including phenoxy) is 2. The molecule has 2 aromatic rings. The summed E-state index contributed by atoms with van der Waals surface area (Å²) in [5.41, 5.74) is 1.71. The minimum absolute atomic E-state index is 0.0495. The fourth-order valence-electron chi connectivity index (χ4n) is 4.50. The molecule has 28 heavy (non-hydrogen) atoms. The topological polar surface area (TPSA) is 63.4 Å². The monoisotopic (exact) mass is 380 g/mol. The third kappa shape index (κ3) is 2.47. The summed E-state index contributed by atoms with van der Waals surface area (Å²) < 4.78 is 25.5. The van der Waals surface area contributed by atoms with Gasteiger partial charge in [0.05, 0.1) is 11.1 Å². The number of carbonyl (C=O) groups excluding carboxylic acids is 1. The number of aromatic nitrogens is 1. The van der Waals surface area contributed by atoms with Crippen LogP contribution in [-0.4, -0.2) is 17.7 Å². The average molecular weight is 380 g/mol. The molecule has 6 heteroatoms. The number of fused-ring (bicyclic) bond motifs is 1. The number of hydrogen-bond acceptors (Lipinski definition) is 3. The first kappa shape index (κ1) is 16.2. The Hall–Kier alpha value is -2.76. The maximum atomic E-state index is 14.6. The number of carbonyl (C=O) groups is 1. The van der Waals surface area contributed by atoms with E-state index in [-0.39, 0.29) is 24.3 Å². The van der Waals surface area contributed by atoms with Crippen LogP contribution in [0.4, 0.5) is 10.1 Å². The van der Waals surface area contributed by atoms with Crippen molar-refractivity contribution in [3.8, 4) is 0 Å². The molecular formula is C22H21FN2O3. The van der Waals surface area contributed by atoms with Gasteiger partial charge in [-0.25, -0.2) is 4.39 Å². The van der Waals surface area contributed by atoms with Gasteiger partial charge in [0.25, 0.3) is 0 Å². The smallest absolute Gasteiger partial charge is 0.231 e. The molecule has 1 aromatic heterocycles. The van der Waals surface area contributed by atoms with E-state index >= 15 is 0 Å². The van der Waals surface area contributed by atoms with E-state index in [0.717, 1.165) is 41.0 Å². The number of nitrogens with one attached hydrogen (secondary N) is 2. The second kappa shape index (κ2) is 5.63. The minimum Gasteiger partial charge on any atom is -0.458 e. The first-order valence-electron chi connectivity index (χ1n) is 9.93. The zero-order valence-corrected chi connectivity index (χ0v) is 15.4. The lowest BCUT2D eigenvalue weighted by Gasteiger charge is -2.25.